The Hall–Kier alpha value is -2.30. The van der Waals surface area contributed by atoms with Gasteiger partial charge < -0.3 is 15.1 Å². The molecule has 162 valence electrons. The van der Waals surface area contributed by atoms with E-state index in [1.807, 2.05) is 4.90 Å². The quantitative estimate of drug-likeness (QED) is 0.570. The molecule has 1 saturated carbocycles. The van der Waals surface area contributed by atoms with Crippen LogP contribution in [0.15, 0.2) is 35.5 Å². The van der Waals surface area contributed by atoms with Crippen molar-refractivity contribution in [3.05, 3.63) is 41.1 Å². The standard InChI is InChI=1S/C25H36N4O/c1-3-19-10-12-21(13-11-19)27-23-14-16-28(18(2)30)17-22(23)25(26)29-15-6-8-20-7-4-5-9-24(20)29/h4-5,7,9,19,21,26-27H,3,6,8,10-17H2,1-2H3. The number of carbonyl (C=O) groups is 1. The van der Waals surface area contributed by atoms with Gasteiger partial charge in [-0.25, -0.2) is 0 Å². The van der Waals surface area contributed by atoms with Crippen LogP contribution in [0.5, 0.6) is 0 Å². The summed E-state index contributed by atoms with van der Waals surface area (Å²) in [7, 11) is 0. The number of hydrogen-bond acceptors (Lipinski definition) is 3. The van der Waals surface area contributed by atoms with Gasteiger partial charge in [-0.05, 0) is 56.1 Å². The van der Waals surface area contributed by atoms with E-state index in [0.29, 0.717) is 18.4 Å². The Kier molecular flexibility index (Phi) is 6.45. The minimum Gasteiger partial charge on any atom is -0.385 e. The Labute approximate surface area is 181 Å². The lowest BCUT2D eigenvalue weighted by Crippen LogP contribution is -2.46. The summed E-state index contributed by atoms with van der Waals surface area (Å²) >= 11 is 0. The van der Waals surface area contributed by atoms with E-state index < -0.39 is 0 Å². The van der Waals surface area contributed by atoms with Crippen LogP contribution in [0.25, 0.3) is 0 Å². The maximum absolute atomic E-state index is 12.1. The van der Waals surface area contributed by atoms with Crippen LogP contribution in [0.1, 0.15) is 64.4 Å². The summed E-state index contributed by atoms with van der Waals surface area (Å²) in [6, 6.07) is 8.96. The van der Waals surface area contributed by atoms with E-state index in [-0.39, 0.29) is 5.91 Å². The maximum atomic E-state index is 12.1. The Morgan fingerprint density at radius 1 is 1.13 bits per heavy atom. The van der Waals surface area contributed by atoms with Crippen molar-refractivity contribution in [2.75, 3.05) is 24.5 Å². The Morgan fingerprint density at radius 2 is 1.90 bits per heavy atom. The molecule has 0 bridgehead atoms. The predicted molar refractivity (Wildman–Crippen MR) is 123 cm³/mol. The molecule has 5 nitrogen and oxygen atoms in total. The summed E-state index contributed by atoms with van der Waals surface area (Å²) in [5, 5.41) is 13.0. The number of para-hydroxylation sites is 1. The average Bonchev–Trinajstić information content (AvgIpc) is 2.79. The molecule has 5 heteroatoms. The SMILES string of the molecule is CCC1CCC(NC2=C(C(=N)N3CCCc4ccccc43)CN(C(C)=O)CC2)CC1. The fourth-order valence-corrected chi connectivity index (χ4v) is 5.30. The monoisotopic (exact) mass is 408 g/mol. The molecule has 30 heavy (non-hydrogen) atoms. The van der Waals surface area contributed by atoms with E-state index in [0.717, 1.165) is 49.5 Å². The van der Waals surface area contributed by atoms with Gasteiger partial charge in [0.05, 0.1) is 6.54 Å². The van der Waals surface area contributed by atoms with Gasteiger partial charge in [-0.2, -0.15) is 0 Å². The number of amides is 1. The van der Waals surface area contributed by atoms with Crippen LogP contribution in [0.3, 0.4) is 0 Å². The van der Waals surface area contributed by atoms with E-state index in [2.05, 4.69) is 41.4 Å². The molecule has 1 aromatic carbocycles. The third-order valence-corrected chi connectivity index (χ3v) is 7.26. The molecular formula is C25H36N4O. The van der Waals surface area contributed by atoms with Crippen molar-refractivity contribution in [2.24, 2.45) is 5.92 Å². The predicted octanol–water partition coefficient (Wildman–Crippen LogP) is 4.48. The number of nitrogens with zero attached hydrogens (tertiary/aromatic N) is 2. The number of rotatable bonds is 4. The van der Waals surface area contributed by atoms with Crippen molar-refractivity contribution < 1.29 is 4.79 Å². The summed E-state index contributed by atoms with van der Waals surface area (Å²) < 4.78 is 0. The van der Waals surface area contributed by atoms with Crippen LogP contribution < -0.4 is 10.2 Å². The van der Waals surface area contributed by atoms with Gasteiger partial charge in [0.1, 0.15) is 5.84 Å². The molecule has 0 aromatic heterocycles. The van der Waals surface area contributed by atoms with Gasteiger partial charge in [0.2, 0.25) is 5.91 Å². The molecule has 2 aliphatic heterocycles. The molecule has 2 N–H and O–H groups in total. The van der Waals surface area contributed by atoms with Crippen molar-refractivity contribution in [3.63, 3.8) is 0 Å². The smallest absolute Gasteiger partial charge is 0.219 e. The molecule has 0 spiro atoms. The van der Waals surface area contributed by atoms with E-state index in [4.69, 9.17) is 5.41 Å². The second kappa shape index (κ2) is 9.23. The molecule has 0 saturated heterocycles. The number of fused-ring (bicyclic) bond motifs is 1. The molecule has 0 atom stereocenters. The van der Waals surface area contributed by atoms with Crippen molar-refractivity contribution in [1.29, 1.82) is 5.41 Å². The van der Waals surface area contributed by atoms with E-state index >= 15 is 0 Å². The molecule has 3 aliphatic rings. The minimum absolute atomic E-state index is 0.0989. The van der Waals surface area contributed by atoms with Crippen molar-refractivity contribution in [3.8, 4) is 0 Å². The van der Waals surface area contributed by atoms with Crippen molar-refractivity contribution >= 4 is 17.4 Å². The molecule has 1 aliphatic carbocycles. The van der Waals surface area contributed by atoms with E-state index in [1.165, 1.54) is 43.4 Å². The minimum atomic E-state index is 0.0989. The fourth-order valence-electron chi connectivity index (χ4n) is 5.30. The van der Waals surface area contributed by atoms with Crippen LogP contribution in [-0.2, 0) is 11.2 Å². The van der Waals surface area contributed by atoms with Gasteiger partial charge in [-0.3, -0.25) is 10.2 Å². The number of amidine groups is 1. The lowest BCUT2D eigenvalue weighted by Gasteiger charge is -2.38. The van der Waals surface area contributed by atoms with Gasteiger partial charge in [0.25, 0.3) is 0 Å². The Morgan fingerprint density at radius 3 is 2.63 bits per heavy atom. The highest BCUT2D eigenvalue weighted by Gasteiger charge is 2.30. The highest BCUT2D eigenvalue weighted by atomic mass is 16.2. The largest absolute Gasteiger partial charge is 0.385 e. The van der Waals surface area contributed by atoms with Gasteiger partial charge in [0, 0.05) is 49.4 Å². The first-order chi connectivity index (χ1) is 14.6. The number of carbonyl (C=O) groups excluding carboxylic acids is 1. The normalized spacial score (nSPS) is 24.5. The van der Waals surface area contributed by atoms with Gasteiger partial charge >= 0.3 is 0 Å². The zero-order valence-electron chi connectivity index (χ0n) is 18.5. The maximum Gasteiger partial charge on any atom is 0.219 e. The lowest BCUT2D eigenvalue weighted by molar-refractivity contribution is -0.128. The number of anilines is 1. The molecular weight excluding hydrogens is 372 g/mol. The molecule has 1 aromatic rings. The highest BCUT2D eigenvalue weighted by molar-refractivity contribution is 6.09. The van der Waals surface area contributed by atoms with Crippen LogP contribution in [0.2, 0.25) is 0 Å². The van der Waals surface area contributed by atoms with Gasteiger partial charge in [0.15, 0.2) is 0 Å². The highest BCUT2D eigenvalue weighted by Crippen LogP contribution is 2.31. The van der Waals surface area contributed by atoms with Crippen LogP contribution in [0.4, 0.5) is 5.69 Å². The van der Waals surface area contributed by atoms with Gasteiger partial charge in [-0.1, -0.05) is 31.5 Å². The first kappa shape index (κ1) is 21.0. The summed E-state index contributed by atoms with van der Waals surface area (Å²) in [6.45, 7) is 6.10. The number of aryl methyl sites for hydroxylation is 1. The average molecular weight is 409 g/mol. The summed E-state index contributed by atoms with van der Waals surface area (Å²) in [4.78, 5) is 16.2. The first-order valence-corrected chi connectivity index (χ1v) is 11.7. The van der Waals surface area contributed by atoms with Crippen molar-refractivity contribution in [2.45, 2.75) is 71.3 Å². The molecule has 0 unspecified atom stereocenters. The molecule has 0 radical (unpaired) electrons. The lowest BCUT2D eigenvalue weighted by atomic mass is 9.84. The molecule has 1 amide bonds. The zero-order chi connectivity index (χ0) is 21.1. The number of nitrogens with one attached hydrogen (secondary N) is 2. The molecule has 4 rings (SSSR count). The molecule has 1 fully saturated rings. The van der Waals surface area contributed by atoms with Crippen molar-refractivity contribution in [1.82, 2.24) is 10.2 Å². The third-order valence-electron chi connectivity index (χ3n) is 7.26. The summed E-state index contributed by atoms with van der Waals surface area (Å²) in [5.41, 5.74) is 4.68. The van der Waals surface area contributed by atoms with Crippen LogP contribution in [0, 0.1) is 11.3 Å². The molecule has 2 heterocycles. The zero-order valence-corrected chi connectivity index (χ0v) is 18.5. The van der Waals surface area contributed by atoms with Crippen LogP contribution >= 0.6 is 0 Å². The number of benzene rings is 1. The number of hydrogen-bond donors (Lipinski definition) is 2. The summed E-state index contributed by atoms with van der Waals surface area (Å²) in [5.74, 6) is 1.54. The second-order valence-corrected chi connectivity index (χ2v) is 9.15. The summed E-state index contributed by atoms with van der Waals surface area (Å²) in [6.07, 6.45) is 9.27. The Bertz CT molecular complexity index is 822. The second-order valence-electron chi connectivity index (χ2n) is 9.15. The Balaban J connectivity index is 1.58. The first-order valence-electron chi connectivity index (χ1n) is 11.7. The van der Waals surface area contributed by atoms with E-state index in [9.17, 15) is 4.79 Å². The van der Waals surface area contributed by atoms with Gasteiger partial charge in [-0.15, -0.1) is 0 Å². The fraction of sp³-hybridized carbons (Fsp3) is 0.600. The van der Waals surface area contributed by atoms with E-state index in [1.54, 1.807) is 6.92 Å². The third kappa shape index (κ3) is 4.40. The van der Waals surface area contributed by atoms with Crippen LogP contribution in [-0.4, -0.2) is 42.3 Å². The topological polar surface area (TPSA) is 59.4 Å².